The normalized spacial score (nSPS) is 11.1. The van der Waals surface area contributed by atoms with Crippen molar-refractivity contribution >= 4 is 22.7 Å². The molecule has 4 aromatic rings. The molecule has 142 valence electrons. The first-order chi connectivity index (χ1) is 13.4. The van der Waals surface area contributed by atoms with Gasteiger partial charge in [0.25, 0.3) is 0 Å². The highest BCUT2D eigenvalue weighted by Crippen LogP contribution is 2.23. The molecule has 0 saturated heterocycles. The van der Waals surface area contributed by atoms with E-state index in [0.717, 1.165) is 11.1 Å². The molecule has 0 spiro atoms. The van der Waals surface area contributed by atoms with Gasteiger partial charge in [0, 0.05) is 18.3 Å². The molecule has 2 aromatic heterocycles. The number of carbonyl (C=O) groups is 1. The Labute approximate surface area is 160 Å². The van der Waals surface area contributed by atoms with E-state index in [4.69, 9.17) is 8.83 Å². The van der Waals surface area contributed by atoms with Crippen LogP contribution in [0.5, 0.6) is 0 Å². The van der Waals surface area contributed by atoms with E-state index >= 15 is 0 Å². The summed E-state index contributed by atoms with van der Waals surface area (Å²) in [6, 6.07) is 12.9. The number of aryl methyl sites for hydroxylation is 3. The molecule has 0 fully saturated rings. The number of aromatic nitrogens is 2. The van der Waals surface area contributed by atoms with Crippen molar-refractivity contribution in [3.05, 3.63) is 70.0 Å². The highest BCUT2D eigenvalue weighted by molar-refractivity contribution is 5.94. The Morgan fingerprint density at radius 2 is 1.86 bits per heavy atom. The van der Waals surface area contributed by atoms with Gasteiger partial charge in [-0.2, -0.15) is 0 Å². The van der Waals surface area contributed by atoms with E-state index in [1.807, 2.05) is 31.2 Å². The number of nitrogens with one attached hydrogen (secondary N) is 1. The van der Waals surface area contributed by atoms with Gasteiger partial charge in [-0.05, 0) is 44.2 Å². The van der Waals surface area contributed by atoms with Gasteiger partial charge in [-0.3, -0.25) is 9.36 Å². The largest absolute Gasteiger partial charge is 0.441 e. The molecular formula is C21H19N3O4. The number of nitrogens with zero attached hydrogens (tertiary/aromatic N) is 2. The van der Waals surface area contributed by atoms with Gasteiger partial charge >= 0.3 is 5.76 Å². The Morgan fingerprint density at radius 1 is 1.11 bits per heavy atom. The summed E-state index contributed by atoms with van der Waals surface area (Å²) in [6.07, 6.45) is 0.0869. The predicted molar refractivity (Wildman–Crippen MR) is 105 cm³/mol. The topological polar surface area (TPSA) is 90.3 Å². The average Bonchev–Trinajstić information content (AvgIpc) is 3.16. The second kappa shape index (κ2) is 6.84. The zero-order valence-corrected chi connectivity index (χ0v) is 15.8. The third kappa shape index (κ3) is 3.34. The van der Waals surface area contributed by atoms with Gasteiger partial charge in [0.1, 0.15) is 5.76 Å². The van der Waals surface area contributed by atoms with Crippen LogP contribution in [0.25, 0.3) is 22.6 Å². The molecule has 0 saturated carbocycles. The average molecular weight is 377 g/mol. The first-order valence-corrected chi connectivity index (χ1v) is 8.83. The third-order valence-corrected chi connectivity index (χ3v) is 4.59. The van der Waals surface area contributed by atoms with Gasteiger partial charge in [-0.15, -0.1) is 0 Å². The first-order valence-electron chi connectivity index (χ1n) is 8.83. The van der Waals surface area contributed by atoms with E-state index in [1.165, 1.54) is 4.57 Å². The van der Waals surface area contributed by atoms with Crippen LogP contribution in [0, 0.1) is 13.8 Å². The van der Waals surface area contributed by atoms with E-state index in [-0.39, 0.29) is 12.3 Å². The van der Waals surface area contributed by atoms with Crippen molar-refractivity contribution in [3.63, 3.8) is 0 Å². The number of benzene rings is 2. The molecule has 1 amide bonds. The van der Waals surface area contributed by atoms with Crippen molar-refractivity contribution in [2.24, 2.45) is 7.05 Å². The van der Waals surface area contributed by atoms with Crippen molar-refractivity contribution < 1.29 is 13.6 Å². The number of oxazole rings is 2. The number of rotatable bonds is 4. The van der Waals surface area contributed by atoms with Crippen molar-refractivity contribution in [2.45, 2.75) is 20.3 Å². The summed E-state index contributed by atoms with van der Waals surface area (Å²) in [7, 11) is 1.62. The van der Waals surface area contributed by atoms with Gasteiger partial charge in [0.2, 0.25) is 11.8 Å². The van der Waals surface area contributed by atoms with Gasteiger partial charge in [-0.1, -0.05) is 17.7 Å². The maximum absolute atomic E-state index is 12.5. The highest BCUT2D eigenvalue weighted by atomic mass is 16.4. The lowest BCUT2D eigenvalue weighted by Gasteiger charge is -2.04. The summed E-state index contributed by atoms with van der Waals surface area (Å²) in [4.78, 5) is 28.5. The van der Waals surface area contributed by atoms with Crippen molar-refractivity contribution in [2.75, 3.05) is 5.32 Å². The number of anilines is 1. The zero-order valence-electron chi connectivity index (χ0n) is 15.8. The molecule has 4 rings (SSSR count). The predicted octanol–water partition coefficient (Wildman–Crippen LogP) is 3.58. The van der Waals surface area contributed by atoms with Gasteiger partial charge in [-0.25, -0.2) is 9.78 Å². The van der Waals surface area contributed by atoms with E-state index < -0.39 is 5.76 Å². The fourth-order valence-corrected chi connectivity index (χ4v) is 2.97. The van der Waals surface area contributed by atoms with Crippen LogP contribution in [0.15, 0.2) is 56.1 Å². The quantitative estimate of drug-likeness (QED) is 0.587. The Bertz CT molecular complexity index is 1230. The molecule has 0 atom stereocenters. The fourth-order valence-electron chi connectivity index (χ4n) is 2.97. The minimum absolute atomic E-state index is 0.0869. The van der Waals surface area contributed by atoms with Crippen LogP contribution in [-0.4, -0.2) is 15.5 Å². The first kappa shape index (κ1) is 17.8. The van der Waals surface area contributed by atoms with Gasteiger partial charge in [0.15, 0.2) is 5.58 Å². The van der Waals surface area contributed by atoms with Gasteiger partial charge < -0.3 is 14.2 Å². The molecule has 0 radical (unpaired) electrons. The maximum Gasteiger partial charge on any atom is 0.419 e. The van der Waals surface area contributed by atoms with Crippen molar-refractivity contribution in [3.8, 4) is 11.5 Å². The third-order valence-electron chi connectivity index (χ3n) is 4.59. The fraction of sp³-hybridized carbons (Fsp3) is 0.190. The molecule has 7 nitrogen and oxygen atoms in total. The molecular weight excluding hydrogens is 358 g/mol. The van der Waals surface area contributed by atoms with Crippen LogP contribution >= 0.6 is 0 Å². The second-order valence-electron chi connectivity index (χ2n) is 6.72. The van der Waals surface area contributed by atoms with Gasteiger partial charge in [0.05, 0.1) is 17.6 Å². The standard InChI is InChI=1S/C21H19N3O4/c1-12-4-6-14(7-5-12)20-23-16(13(2)27-20)11-19(25)22-15-8-9-18-17(10-15)24(3)21(26)28-18/h4-10H,11H2,1-3H3,(H,22,25). The summed E-state index contributed by atoms with van der Waals surface area (Å²) in [5.41, 5.74) is 4.27. The molecule has 0 bridgehead atoms. The molecule has 1 N–H and O–H groups in total. The number of amides is 1. The molecule has 7 heteroatoms. The molecule has 0 aliphatic carbocycles. The summed E-state index contributed by atoms with van der Waals surface area (Å²) in [5, 5.41) is 2.83. The van der Waals surface area contributed by atoms with E-state index in [2.05, 4.69) is 10.3 Å². The molecule has 28 heavy (non-hydrogen) atoms. The number of hydrogen-bond acceptors (Lipinski definition) is 5. The van der Waals surface area contributed by atoms with Crippen LogP contribution in [-0.2, 0) is 18.3 Å². The van der Waals surface area contributed by atoms with Crippen LogP contribution in [0.1, 0.15) is 17.0 Å². The van der Waals surface area contributed by atoms with Crippen molar-refractivity contribution in [1.82, 2.24) is 9.55 Å². The lowest BCUT2D eigenvalue weighted by atomic mass is 10.1. The molecule has 0 aliphatic rings. The molecule has 2 heterocycles. The van der Waals surface area contributed by atoms with E-state index in [9.17, 15) is 9.59 Å². The minimum atomic E-state index is -0.444. The smallest absolute Gasteiger partial charge is 0.419 e. The summed E-state index contributed by atoms with van der Waals surface area (Å²) >= 11 is 0. The maximum atomic E-state index is 12.5. The van der Waals surface area contributed by atoms with Crippen molar-refractivity contribution in [1.29, 1.82) is 0 Å². The Hall–Kier alpha value is -3.61. The van der Waals surface area contributed by atoms with Crippen LogP contribution in [0.3, 0.4) is 0 Å². The molecule has 2 aromatic carbocycles. The second-order valence-corrected chi connectivity index (χ2v) is 6.72. The zero-order chi connectivity index (χ0) is 19.8. The SMILES string of the molecule is Cc1ccc(-c2nc(CC(=O)Nc3ccc4oc(=O)n(C)c4c3)c(C)o2)cc1. The summed E-state index contributed by atoms with van der Waals surface area (Å²) in [5.74, 6) is 0.438. The Balaban J connectivity index is 1.52. The number of hydrogen-bond donors (Lipinski definition) is 1. The lowest BCUT2D eigenvalue weighted by Crippen LogP contribution is -2.15. The minimum Gasteiger partial charge on any atom is -0.441 e. The van der Waals surface area contributed by atoms with Crippen LogP contribution in [0.4, 0.5) is 5.69 Å². The van der Waals surface area contributed by atoms with Crippen LogP contribution < -0.4 is 11.1 Å². The molecule has 0 unspecified atom stereocenters. The number of fused-ring (bicyclic) bond motifs is 1. The number of carbonyl (C=O) groups excluding carboxylic acids is 1. The monoisotopic (exact) mass is 377 g/mol. The van der Waals surface area contributed by atoms with Crippen LogP contribution in [0.2, 0.25) is 0 Å². The highest BCUT2D eigenvalue weighted by Gasteiger charge is 2.15. The van der Waals surface area contributed by atoms with E-state index in [1.54, 1.807) is 32.2 Å². The van der Waals surface area contributed by atoms with E-state index in [0.29, 0.717) is 34.1 Å². The Morgan fingerprint density at radius 3 is 2.61 bits per heavy atom. The molecule has 0 aliphatic heterocycles. The lowest BCUT2D eigenvalue weighted by molar-refractivity contribution is -0.115. The summed E-state index contributed by atoms with van der Waals surface area (Å²) < 4.78 is 12.2. The Kier molecular flexibility index (Phi) is 4.35. The summed E-state index contributed by atoms with van der Waals surface area (Å²) in [6.45, 7) is 3.81.